The first-order valence-electron chi connectivity index (χ1n) is 38.1. The molecule has 1 heterocycles. The molecule has 29 nitrogen and oxygen atoms in total. The summed E-state index contributed by atoms with van der Waals surface area (Å²) in [6, 6.07) is 44.7. The number of nitrogens with zero attached hydrogens (tertiary/aromatic N) is 2. The molecular weight excluding hydrogens is 1480 g/mol. The van der Waals surface area contributed by atoms with Gasteiger partial charge in [0.2, 0.25) is 23.8 Å². The number of carbonyl (C=O) groups is 12. The molecule has 10 rings (SSSR count). The molecule has 2 saturated carbocycles. The lowest BCUT2D eigenvalue weighted by Crippen LogP contribution is -2.82. The number of unbranched alkanes of at least 4 members (excludes halogenated alkanes) is 1. The van der Waals surface area contributed by atoms with E-state index in [-0.39, 0.29) is 86.4 Å². The van der Waals surface area contributed by atoms with Crippen molar-refractivity contribution in [1.82, 2.24) is 36.4 Å². The second kappa shape index (κ2) is 37.9. The van der Waals surface area contributed by atoms with Crippen molar-refractivity contribution < 1.29 is 106 Å². The van der Waals surface area contributed by atoms with Gasteiger partial charge in [-0.15, -0.1) is 0 Å². The van der Waals surface area contributed by atoms with Gasteiger partial charge in [0.25, 0.3) is 5.91 Å². The minimum Gasteiger partial charge on any atom is -0.455 e. The van der Waals surface area contributed by atoms with E-state index in [9.17, 15) is 48.6 Å². The number of Topliss-reactive ketones (excluding diaryl/α,β-unsaturated/α-hetero) is 1. The van der Waals surface area contributed by atoms with Crippen LogP contribution in [0.2, 0.25) is 0 Å². The van der Waals surface area contributed by atoms with Gasteiger partial charge in [-0.2, -0.15) is 0 Å². The molecule has 6 aromatic carbocycles. The van der Waals surface area contributed by atoms with E-state index in [4.69, 9.17) is 37.9 Å². The third kappa shape index (κ3) is 20.0. The van der Waals surface area contributed by atoms with Crippen LogP contribution >= 0.6 is 0 Å². The number of alkyl carbamates (subject to hydrolysis) is 2. The minimum absolute atomic E-state index is 0.0141. The van der Waals surface area contributed by atoms with Crippen LogP contribution in [0.1, 0.15) is 130 Å². The highest BCUT2D eigenvalue weighted by atomic mass is 16.6. The molecule has 1 aliphatic heterocycles. The predicted molar refractivity (Wildman–Crippen MR) is 414 cm³/mol. The summed E-state index contributed by atoms with van der Waals surface area (Å²) in [5.74, 6) is -9.84. The average Bonchev–Trinajstić information content (AvgIpc) is 0.668. The Hall–Kier alpha value is -11.8. The summed E-state index contributed by atoms with van der Waals surface area (Å²) in [7, 11) is 2.72. The Morgan fingerprint density at radius 3 is 1.72 bits per heavy atom. The molecule has 14 atom stereocenters. The number of rotatable bonds is 31. The summed E-state index contributed by atoms with van der Waals surface area (Å²) >= 11 is 0. The summed E-state index contributed by atoms with van der Waals surface area (Å²) in [6.45, 7) is 8.42. The molecule has 4 aliphatic rings. The molecular formula is C86H99N7O22. The smallest absolute Gasteiger partial charge is 0.410 e. The van der Waals surface area contributed by atoms with Gasteiger partial charge in [-0.3, -0.25) is 33.6 Å². The lowest BCUT2D eigenvalue weighted by atomic mass is 9.44. The Balaban J connectivity index is 0.947. The first kappa shape index (κ1) is 85.6. The number of amides is 7. The second-order valence-corrected chi connectivity index (χ2v) is 30.1. The number of aliphatic hydroxyl groups excluding tert-OH is 1. The van der Waals surface area contributed by atoms with Gasteiger partial charge in [-0.25, -0.2) is 24.0 Å². The number of nitrogens with one attached hydrogen (secondary N) is 5. The fourth-order valence-corrected chi connectivity index (χ4v) is 15.6. The van der Waals surface area contributed by atoms with E-state index in [1.165, 1.54) is 77.9 Å². The molecule has 0 aromatic heterocycles. The normalized spacial score (nSPS) is 22.9. The Morgan fingerprint density at radius 2 is 1.16 bits per heavy atom. The lowest BCUT2D eigenvalue weighted by molar-refractivity contribution is -0.346. The third-order valence-electron chi connectivity index (χ3n) is 22.0. The Kier molecular flexibility index (Phi) is 28.2. The summed E-state index contributed by atoms with van der Waals surface area (Å²) in [5.41, 5.74) is -6.25. The van der Waals surface area contributed by atoms with Crippen LogP contribution in [-0.4, -0.2) is 198 Å². The Labute approximate surface area is 666 Å². The monoisotopic (exact) mass is 1580 g/mol. The van der Waals surface area contributed by atoms with E-state index < -0.39 is 173 Å². The van der Waals surface area contributed by atoms with Crippen LogP contribution in [0.15, 0.2) is 193 Å². The summed E-state index contributed by atoms with van der Waals surface area (Å²) < 4.78 is 48.4. The van der Waals surface area contributed by atoms with E-state index in [0.717, 1.165) is 24.3 Å². The van der Waals surface area contributed by atoms with Crippen molar-refractivity contribution in [2.24, 2.45) is 16.7 Å². The largest absolute Gasteiger partial charge is 0.455 e. The summed E-state index contributed by atoms with van der Waals surface area (Å²) in [4.78, 5) is 175. The highest BCUT2D eigenvalue weighted by Crippen LogP contribution is 2.64. The highest BCUT2D eigenvalue weighted by Gasteiger charge is 2.78. The van der Waals surface area contributed by atoms with E-state index in [1.54, 1.807) is 140 Å². The minimum atomic E-state index is -2.60. The first-order valence-corrected chi connectivity index (χ1v) is 38.1. The number of likely N-dealkylation sites (N-methyl/N-ethyl adjacent to an activating group) is 2. The van der Waals surface area contributed by atoms with Crippen molar-refractivity contribution in [3.63, 3.8) is 0 Å². The molecule has 2 bridgehead atoms. The number of hydrogen-bond acceptors (Lipinski definition) is 22. The van der Waals surface area contributed by atoms with Gasteiger partial charge < -0.3 is 84.5 Å². The zero-order valence-corrected chi connectivity index (χ0v) is 65.6. The quantitative estimate of drug-likeness (QED) is 0.00940. The van der Waals surface area contributed by atoms with Crippen LogP contribution in [0.5, 0.6) is 0 Å². The molecule has 7 amide bonds. The zero-order valence-electron chi connectivity index (χ0n) is 65.6. The van der Waals surface area contributed by atoms with Gasteiger partial charge in [-0.1, -0.05) is 172 Å². The molecule has 6 aromatic rings. The predicted octanol–water partition coefficient (Wildman–Crippen LogP) is 7.89. The molecule has 3 aliphatic carbocycles. The van der Waals surface area contributed by atoms with Gasteiger partial charge in [0, 0.05) is 77.8 Å². The number of ether oxygens (including phenoxy) is 8. The number of fused-ring (bicyclic) bond motifs is 5. The van der Waals surface area contributed by atoms with Gasteiger partial charge in [0.15, 0.2) is 17.5 Å². The van der Waals surface area contributed by atoms with Crippen molar-refractivity contribution >= 4 is 71.6 Å². The maximum atomic E-state index is 16.1. The van der Waals surface area contributed by atoms with Gasteiger partial charge >= 0.3 is 42.2 Å². The molecule has 0 spiro atoms. The third-order valence-corrected chi connectivity index (χ3v) is 22.0. The van der Waals surface area contributed by atoms with Gasteiger partial charge in [0.05, 0.1) is 29.6 Å². The SMILES string of the molecule is CC(=O)O[C@H]1C(=O)[C@@]2(C)[C@H]([C@H](OC(=O)c3ccccc3)[C@]3(O)C[C@H](OC(=O)[C@H](OC(=O)N(C)CCN(C)C(=O)[C@H](CCCCNC(=O)OCc4ccccc4)NC(=O)[C@H](Cc4ccccc4)NC(=O)[C@@H](C)NC(=O)OCc4ccccc4)[C@@H](NC(=O)c4ccccc4)c4ccccc4)C(C)=C1C3(C)C)[C@]1(OC(C)=O)CO[C@@H]1C[C@@H]2O. The number of carbonyl (C=O) groups excluding carboxylic acids is 12. The van der Waals surface area contributed by atoms with Crippen molar-refractivity contribution in [1.29, 1.82) is 0 Å². The molecule has 115 heavy (non-hydrogen) atoms. The van der Waals surface area contributed by atoms with E-state index in [0.29, 0.717) is 17.5 Å². The second-order valence-electron chi connectivity index (χ2n) is 30.1. The zero-order chi connectivity index (χ0) is 82.9. The van der Waals surface area contributed by atoms with E-state index >= 15 is 19.2 Å². The summed E-state index contributed by atoms with van der Waals surface area (Å²) in [5, 5.41) is 40.4. The van der Waals surface area contributed by atoms with Crippen LogP contribution in [0, 0.1) is 16.7 Å². The Bertz CT molecular complexity index is 4500. The number of hydrogen-bond donors (Lipinski definition) is 7. The van der Waals surface area contributed by atoms with Gasteiger partial charge in [-0.05, 0) is 97.7 Å². The molecule has 0 unspecified atom stereocenters. The van der Waals surface area contributed by atoms with Crippen LogP contribution < -0.4 is 26.6 Å². The maximum absolute atomic E-state index is 16.1. The standard InChI is InChI=1S/C86H99N7O22/c1-52-64(48-86(107)73(114-78(102)61-40-26-15-27-41-61)71-84(7,65(96)47-66-85(71,51-110-66)115-55(4)95)72(97)69(111-54(3)94)67(52)83(86,5)6)112-79(103)70(68(59-36-22-13-23-37-59)91-75(99)60-38-24-14-25-39-60)113-82(106)93(9)45-44-92(8)77(101)62(42-28-29-43-87-80(104)108-49-57-32-18-11-19-33-57)89-76(100)63(46-56-30-16-10-17-31-56)90-74(98)53(2)88-81(105)109-50-58-34-20-12-21-35-58/h10-27,30-41,53,62-66,68-71,73,96,107H,28-29,42-51H2,1-9H3,(H,87,104)(H,88,105)(H,89,100)(H,90,98)(H,91,99)/t53-,62+,63+,64+,65+,66-,68+,69-,70-,71+,73+,84-,85+,86-/m1/s1. The molecule has 0 radical (unpaired) electrons. The fraction of sp³-hybridized carbons (Fsp3) is 0.419. The lowest BCUT2D eigenvalue weighted by Gasteiger charge is -2.67. The van der Waals surface area contributed by atoms with E-state index in [2.05, 4.69) is 26.6 Å². The van der Waals surface area contributed by atoms with Crippen LogP contribution in [0.3, 0.4) is 0 Å². The van der Waals surface area contributed by atoms with Crippen LogP contribution in [0.25, 0.3) is 0 Å². The van der Waals surface area contributed by atoms with Crippen molar-refractivity contribution in [3.8, 4) is 0 Å². The summed E-state index contributed by atoms with van der Waals surface area (Å²) in [6.07, 6.45) is -14.1. The van der Waals surface area contributed by atoms with Crippen LogP contribution in [-0.2, 0) is 91.1 Å². The molecule has 7 N–H and O–H groups in total. The Morgan fingerprint density at radius 1 is 0.617 bits per heavy atom. The van der Waals surface area contributed by atoms with Crippen molar-refractivity contribution in [2.45, 2.75) is 172 Å². The fourth-order valence-electron chi connectivity index (χ4n) is 15.6. The average molecular weight is 1580 g/mol. The van der Waals surface area contributed by atoms with Crippen molar-refractivity contribution in [2.75, 3.05) is 40.3 Å². The van der Waals surface area contributed by atoms with Gasteiger partial charge in [0.1, 0.15) is 61.3 Å². The van der Waals surface area contributed by atoms with Crippen LogP contribution in [0.4, 0.5) is 14.4 Å². The number of esters is 4. The van der Waals surface area contributed by atoms with Crippen molar-refractivity contribution in [3.05, 3.63) is 227 Å². The first-order chi connectivity index (χ1) is 54.9. The molecule has 610 valence electrons. The van der Waals surface area contributed by atoms with E-state index in [1.807, 2.05) is 18.2 Å². The molecule has 3 fully saturated rings. The molecule has 1 saturated heterocycles. The maximum Gasteiger partial charge on any atom is 0.410 e. The topological polar surface area (TPSA) is 386 Å². The molecule has 29 heteroatoms. The number of benzene rings is 6. The highest BCUT2D eigenvalue weighted by molar-refractivity contribution is 5.97. The number of aliphatic hydroxyl groups is 2. The number of ketones is 1.